The van der Waals surface area contributed by atoms with E-state index in [1.807, 2.05) is 6.20 Å². The number of aromatic nitrogens is 1. The Hall–Kier alpha value is -0.490. The molecule has 0 spiro atoms. The highest BCUT2D eigenvalue weighted by molar-refractivity contribution is 7.11. The zero-order valence-electron chi connectivity index (χ0n) is 8.99. The van der Waals surface area contributed by atoms with Crippen LogP contribution in [0.2, 0.25) is 0 Å². The molecule has 15 heavy (non-hydrogen) atoms. The maximum Gasteiger partial charge on any atom is 0.107 e. The number of hydrogen-bond donors (Lipinski definition) is 3. The second-order valence-electron chi connectivity index (χ2n) is 4.10. The van der Waals surface area contributed by atoms with Crippen molar-refractivity contribution in [2.45, 2.75) is 32.0 Å². The van der Waals surface area contributed by atoms with Gasteiger partial charge in [0, 0.05) is 42.8 Å². The van der Waals surface area contributed by atoms with Crippen LogP contribution in [0.1, 0.15) is 16.3 Å². The molecule has 1 aliphatic heterocycles. The summed E-state index contributed by atoms with van der Waals surface area (Å²) in [6.07, 6.45) is 3.00. The number of thiazole rings is 1. The number of nitrogens with one attached hydrogen (secondary N) is 2. The minimum absolute atomic E-state index is 0.332. The first-order chi connectivity index (χ1) is 7.24. The average molecular weight is 226 g/mol. The molecular weight excluding hydrogens is 208 g/mol. The van der Waals surface area contributed by atoms with Gasteiger partial charge in [-0.05, 0) is 13.3 Å². The van der Waals surface area contributed by atoms with Crippen LogP contribution in [0.4, 0.5) is 0 Å². The summed E-state index contributed by atoms with van der Waals surface area (Å²) < 4.78 is 0. The van der Waals surface area contributed by atoms with Gasteiger partial charge in [0.2, 0.25) is 0 Å². The molecule has 0 bridgehead atoms. The monoisotopic (exact) mass is 226 g/mol. The van der Waals surface area contributed by atoms with Gasteiger partial charge in [0.1, 0.15) is 5.01 Å². The van der Waals surface area contributed by atoms with E-state index in [0.29, 0.717) is 12.1 Å². The van der Waals surface area contributed by atoms with Crippen molar-refractivity contribution in [1.82, 2.24) is 15.6 Å². The molecule has 2 atom stereocenters. The molecule has 1 aromatic rings. The fourth-order valence-corrected chi connectivity index (χ4v) is 2.60. The van der Waals surface area contributed by atoms with Crippen LogP contribution in [-0.2, 0) is 6.54 Å². The standard InChI is InChI=1S/C10H18N4S/c1-7-3-14-10(15-7)6-12-5-9-2-8(11)4-13-9/h3,8-9,12-13H,2,4-6,11H2,1H3. The Bertz CT molecular complexity index is 312. The highest BCUT2D eigenvalue weighted by Crippen LogP contribution is 2.10. The fourth-order valence-electron chi connectivity index (χ4n) is 1.84. The summed E-state index contributed by atoms with van der Waals surface area (Å²) in [5, 5.41) is 7.96. The van der Waals surface area contributed by atoms with Gasteiger partial charge in [-0.15, -0.1) is 11.3 Å². The first-order valence-electron chi connectivity index (χ1n) is 5.35. The molecule has 84 valence electrons. The normalized spacial score (nSPS) is 26.0. The van der Waals surface area contributed by atoms with Crippen molar-refractivity contribution < 1.29 is 0 Å². The van der Waals surface area contributed by atoms with Gasteiger partial charge in [-0.2, -0.15) is 0 Å². The van der Waals surface area contributed by atoms with Crippen LogP contribution >= 0.6 is 11.3 Å². The Labute approximate surface area is 94.3 Å². The van der Waals surface area contributed by atoms with Crippen molar-refractivity contribution in [3.63, 3.8) is 0 Å². The lowest BCUT2D eigenvalue weighted by Gasteiger charge is -2.10. The van der Waals surface area contributed by atoms with E-state index in [0.717, 1.165) is 31.1 Å². The molecule has 0 radical (unpaired) electrons. The van der Waals surface area contributed by atoms with E-state index in [1.54, 1.807) is 11.3 Å². The van der Waals surface area contributed by atoms with Crippen molar-refractivity contribution in [1.29, 1.82) is 0 Å². The van der Waals surface area contributed by atoms with Crippen molar-refractivity contribution in [2.75, 3.05) is 13.1 Å². The number of hydrogen-bond acceptors (Lipinski definition) is 5. The van der Waals surface area contributed by atoms with Gasteiger partial charge < -0.3 is 16.4 Å². The summed E-state index contributed by atoms with van der Waals surface area (Å²) in [6, 6.07) is 0.861. The van der Waals surface area contributed by atoms with Crippen LogP contribution < -0.4 is 16.4 Å². The molecule has 0 aliphatic carbocycles. The van der Waals surface area contributed by atoms with Crippen LogP contribution in [0.15, 0.2) is 6.20 Å². The summed E-state index contributed by atoms with van der Waals surface area (Å²) in [4.78, 5) is 5.58. The molecule has 2 rings (SSSR count). The van der Waals surface area contributed by atoms with Crippen molar-refractivity contribution in [2.24, 2.45) is 5.73 Å². The lowest BCUT2D eigenvalue weighted by Crippen LogP contribution is -2.33. The number of nitrogens with two attached hydrogens (primary N) is 1. The third-order valence-electron chi connectivity index (χ3n) is 2.59. The maximum absolute atomic E-state index is 5.81. The quantitative estimate of drug-likeness (QED) is 0.688. The fraction of sp³-hybridized carbons (Fsp3) is 0.700. The second kappa shape index (κ2) is 5.03. The molecule has 4 nitrogen and oxygen atoms in total. The minimum atomic E-state index is 0.332. The molecule has 5 heteroatoms. The largest absolute Gasteiger partial charge is 0.326 e. The molecule has 1 fully saturated rings. The van der Waals surface area contributed by atoms with Crippen molar-refractivity contribution in [3.05, 3.63) is 16.1 Å². The van der Waals surface area contributed by atoms with Crippen molar-refractivity contribution in [3.8, 4) is 0 Å². The Morgan fingerprint density at radius 2 is 2.60 bits per heavy atom. The van der Waals surface area contributed by atoms with E-state index >= 15 is 0 Å². The van der Waals surface area contributed by atoms with E-state index in [9.17, 15) is 0 Å². The van der Waals surface area contributed by atoms with Crippen LogP contribution in [0, 0.1) is 6.92 Å². The molecule has 0 amide bonds. The summed E-state index contributed by atoms with van der Waals surface area (Å²) in [5.74, 6) is 0. The van der Waals surface area contributed by atoms with E-state index in [4.69, 9.17) is 5.73 Å². The Kier molecular flexibility index (Phi) is 3.69. The van der Waals surface area contributed by atoms with E-state index in [-0.39, 0.29) is 0 Å². The third-order valence-corrected chi connectivity index (χ3v) is 3.50. The van der Waals surface area contributed by atoms with E-state index in [2.05, 4.69) is 22.5 Å². The summed E-state index contributed by atoms with van der Waals surface area (Å²) >= 11 is 1.75. The van der Waals surface area contributed by atoms with Gasteiger partial charge in [-0.3, -0.25) is 0 Å². The lowest BCUT2D eigenvalue weighted by molar-refractivity contribution is 0.531. The molecule has 2 heterocycles. The summed E-state index contributed by atoms with van der Waals surface area (Å²) in [6.45, 7) is 4.87. The molecule has 0 aromatic carbocycles. The molecular formula is C10H18N4S. The van der Waals surface area contributed by atoms with Gasteiger partial charge in [-0.25, -0.2) is 4.98 Å². The number of aryl methyl sites for hydroxylation is 1. The average Bonchev–Trinajstić information content (AvgIpc) is 2.76. The Morgan fingerprint density at radius 3 is 3.20 bits per heavy atom. The zero-order valence-corrected chi connectivity index (χ0v) is 9.81. The molecule has 1 aliphatic rings. The van der Waals surface area contributed by atoms with Crippen LogP contribution in [-0.4, -0.2) is 30.2 Å². The van der Waals surface area contributed by atoms with Gasteiger partial charge >= 0.3 is 0 Å². The maximum atomic E-state index is 5.81. The SMILES string of the molecule is Cc1cnc(CNCC2CC(N)CN2)s1. The molecule has 4 N–H and O–H groups in total. The first-order valence-corrected chi connectivity index (χ1v) is 6.16. The summed E-state index contributed by atoms with van der Waals surface area (Å²) in [5.41, 5.74) is 5.81. The zero-order chi connectivity index (χ0) is 10.7. The first kappa shape index (κ1) is 11.0. The third kappa shape index (κ3) is 3.24. The van der Waals surface area contributed by atoms with Crippen LogP contribution in [0.5, 0.6) is 0 Å². The predicted octanol–water partition coefficient (Wildman–Crippen LogP) is 0.230. The van der Waals surface area contributed by atoms with Crippen LogP contribution in [0.25, 0.3) is 0 Å². The Balaban J connectivity index is 1.67. The van der Waals surface area contributed by atoms with E-state index in [1.165, 1.54) is 4.88 Å². The van der Waals surface area contributed by atoms with Crippen molar-refractivity contribution >= 4 is 11.3 Å². The number of nitrogens with zero attached hydrogens (tertiary/aromatic N) is 1. The highest BCUT2D eigenvalue weighted by Gasteiger charge is 2.19. The highest BCUT2D eigenvalue weighted by atomic mass is 32.1. The minimum Gasteiger partial charge on any atom is -0.326 e. The van der Waals surface area contributed by atoms with Crippen LogP contribution in [0.3, 0.4) is 0 Å². The van der Waals surface area contributed by atoms with Gasteiger partial charge in [-0.1, -0.05) is 0 Å². The van der Waals surface area contributed by atoms with Gasteiger partial charge in [0.05, 0.1) is 0 Å². The molecule has 1 saturated heterocycles. The molecule has 1 aromatic heterocycles. The smallest absolute Gasteiger partial charge is 0.107 e. The van der Waals surface area contributed by atoms with Gasteiger partial charge in [0.15, 0.2) is 0 Å². The lowest BCUT2D eigenvalue weighted by atomic mass is 10.2. The van der Waals surface area contributed by atoms with E-state index < -0.39 is 0 Å². The van der Waals surface area contributed by atoms with Gasteiger partial charge in [0.25, 0.3) is 0 Å². The summed E-state index contributed by atoms with van der Waals surface area (Å²) in [7, 11) is 0. The predicted molar refractivity (Wildman–Crippen MR) is 62.9 cm³/mol. The topological polar surface area (TPSA) is 63.0 Å². The second-order valence-corrected chi connectivity index (χ2v) is 5.42. The molecule has 2 unspecified atom stereocenters. The molecule has 0 saturated carbocycles. The number of rotatable bonds is 4. The Morgan fingerprint density at radius 1 is 1.73 bits per heavy atom.